The van der Waals surface area contributed by atoms with E-state index in [-0.39, 0.29) is 0 Å². The van der Waals surface area contributed by atoms with Gasteiger partial charge in [0.05, 0.1) is 16.7 Å². The normalized spacial score (nSPS) is 12.2. The average Bonchev–Trinajstić information content (AvgIpc) is 2.47. The SMILES string of the molecule is CCCOc1ccccc1C(O)c1ccc(Cl)c(Cl)c1. The zero-order chi connectivity index (χ0) is 14.5. The zero-order valence-corrected chi connectivity index (χ0v) is 12.7. The summed E-state index contributed by atoms with van der Waals surface area (Å²) in [4.78, 5) is 0. The van der Waals surface area contributed by atoms with Crippen molar-refractivity contribution in [2.75, 3.05) is 6.61 Å². The second-order valence-corrected chi connectivity index (χ2v) is 5.28. The molecule has 1 unspecified atom stereocenters. The third-order valence-corrected chi connectivity index (χ3v) is 3.67. The highest BCUT2D eigenvalue weighted by Gasteiger charge is 2.16. The van der Waals surface area contributed by atoms with Gasteiger partial charge in [-0.25, -0.2) is 0 Å². The Labute approximate surface area is 128 Å². The molecular weight excluding hydrogens is 295 g/mol. The van der Waals surface area contributed by atoms with Crippen LogP contribution >= 0.6 is 23.2 Å². The first-order chi connectivity index (χ1) is 9.63. The topological polar surface area (TPSA) is 29.5 Å². The first-order valence-corrected chi connectivity index (χ1v) is 7.23. The van der Waals surface area contributed by atoms with Gasteiger partial charge in [-0.05, 0) is 30.2 Å². The summed E-state index contributed by atoms with van der Waals surface area (Å²) in [5, 5.41) is 11.4. The van der Waals surface area contributed by atoms with Crippen LogP contribution in [0.3, 0.4) is 0 Å². The monoisotopic (exact) mass is 310 g/mol. The first-order valence-electron chi connectivity index (χ1n) is 6.48. The number of para-hydroxylation sites is 1. The fourth-order valence-electron chi connectivity index (χ4n) is 1.91. The smallest absolute Gasteiger partial charge is 0.125 e. The van der Waals surface area contributed by atoms with E-state index in [2.05, 4.69) is 0 Å². The molecule has 4 heteroatoms. The summed E-state index contributed by atoms with van der Waals surface area (Å²) in [5.74, 6) is 0.688. The summed E-state index contributed by atoms with van der Waals surface area (Å²) in [6.45, 7) is 2.66. The van der Waals surface area contributed by atoms with Crippen LogP contribution in [0.15, 0.2) is 42.5 Å². The van der Waals surface area contributed by atoms with Gasteiger partial charge >= 0.3 is 0 Å². The van der Waals surface area contributed by atoms with Gasteiger partial charge in [0, 0.05) is 5.56 Å². The van der Waals surface area contributed by atoms with Crippen molar-refractivity contribution in [3.8, 4) is 5.75 Å². The third-order valence-electron chi connectivity index (χ3n) is 2.93. The Morgan fingerprint density at radius 3 is 2.55 bits per heavy atom. The van der Waals surface area contributed by atoms with Crippen LogP contribution in [-0.4, -0.2) is 11.7 Å². The van der Waals surface area contributed by atoms with Crippen LogP contribution in [0.4, 0.5) is 0 Å². The van der Waals surface area contributed by atoms with Crippen molar-refractivity contribution in [2.24, 2.45) is 0 Å². The molecule has 2 rings (SSSR count). The summed E-state index contributed by atoms with van der Waals surface area (Å²) in [5.41, 5.74) is 1.41. The molecule has 0 aliphatic heterocycles. The fourth-order valence-corrected chi connectivity index (χ4v) is 2.22. The van der Waals surface area contributed by atoms with Crippen LogP contribution in [0.1, 0.15) is 30.6 Å². The van der Waals surface area contributed by atoms with Gasteiger partial charge in [-0.15, -0.1) is 0 Å². The van der Waals surface area contributed by atoms with E-state index in [1.807, 2.05) is 31.2 Å². The summed E-state index contributed by atoms with van der Waals surface area (Å²) < 4.78 is 5.66. The molecule has 2 aromatic rings. The Balaban J connectivity index is 2.32. The van der Waals surface area contributed by atoms with E-state index in [0.717, 1.165) is 12.0 Å². The maximum Gasteiger partial charge on any atom is 0.125 e. The van der Waals surface area contributed by atoms with Crippen molar-refractivity contribution in [3.05, 3.63) is 63.6 Å². The predicted octanol–water partition coefficient (Wildman–Crippen LogP) is 4.86. The number of aliphatic hydroxyl groups is 1. The van der Waals surface area contributed by atoms with Gasteiger partial charge in [0.15, 0.2) is 0 Å². The number of benzene rings is 2. The number of hydrogen-bond donors (Lipinski definition) is 1. The van der Waals surface area contributed by atoms with Gasteiger partial charge in [-0.3, -0.25) is 0 Å². The lowest BCUT2D eigenvalue weighted by molar-refractivity contribution is 0.210. The second-order valence-electron chi connectivity index (χ2n) is 4.46. The minimum absolute atomic E-state index is 0.426. The Bertz CT molecular complexity index is 584. The van der Waals surface area contributed by atoms with Crippen LogP contribution in [0, 0.1) is 0 Å². The van der Waals surface area contributed by atoms with Gasteiger partial charge in [-0.1, -0.05) is 54.4 Å². The van der Waals surface area contributed by atoms with Gasteiger partial charge in [0.1, 0.15) is 11.9 Å². The maximum atomic E-state index is 10.5. The largest absolute Gasteiger partial charge is 0.493 e. The van der Waals surface area contributed by atoms with E-state index in [4.69, 9.17) is 27.9 Å². The Morgan fingerprint density at radius 2 is 1.85 bits per heavy atom. The fraction of sp³-hybridized carbons (Fsp3) is 0.250. The molecule has 20 heavy (non-hydrogen) atoms. The van der Waals surface area contributed by atoms with Crippen molar-refractivity contribution in [1.29, 1.82) is 0 Å². The summed E-state index contributed by atoms with van der Waals surface area (Å²) in [7, 11) is 0. The van der Waals surface area contributed by atoms with E-state index < -0.39 is 6.10 Å². The number of halogens is 2. The molecule has 0 radical (unpaired) electrons. The highest BCUT2D eigenvalue weighted by molar-refractivity contribution is 6.42. The van der Waals surface area contributed by atoms with Crippen LogP contribution in [0.25, 0.3) is 0 Å². The van der Waals surface area contributed by atoms with Gasteiger partial charge < -0.3 is 9.84 Å². The van der Waals surface area contributed by atoms with Gasteiger partial charge in [0.25, 0.3) is 0 Å². The number of rotatable bonds is 5. The average molecular weight is 311 g/mol. The zero-order valence-electron chi connectivity index (χ0n) is 11.1. The van der Waals surface area contributed by atoms with Crippen molar-refractivity contribution in [2.45, 2.75) is 19.4 Å². The molecule has 2 nitrogen and oxygen atoms in total. The maximum absolute atomic E-state index is 10.5. The molecule has 1 N–H and O–H groups in total. The van der Waals surface area contributed by atoms with E-state index in [0.29, 0.717) is 28.0 Å². The highest BCUT2D eigenvalue weighted by Crippen LogP contribution is 2.33. The molecule has 0 aliphatic carbocycles. The van der Waals surface area contributed by atoms with Crippen molar-refractivity contribution in [3.63, 3.8) is 0 Å². The van der Waals surface area contributed by atoms with Crippen molar-refractivity contribution >= 4 is 23.2 Å². The van der Waals surface area contributed by atoms with Crippen LogP contribution in [0.2, 0.25) is 10.0 Å². The molecule has 0 bridgehead atoms. The molecule has 106 valence electrons. The Kier molecular flexibility index (Phi) is 5.30. The molecule has 0 saturated carbocycles. The Morgan fingerprint density at radius 1 is 1.10 bits per heavy atom. The van der Waals surface area contributed by atoms with Crippen LogP contribution in [-0.2, 0) is 0 Å². The minimum atomic E-state index is -0.794. The summed E-state index contributed by atoms with van der Waals surface area (Å²) >= 11 is 11.9. The first kappa shape index (κ1) is 15.2. The van der Waals surface area contributed by atoms with Crippen LogP contribution in [0.5, 0.6) is 5.75 Å². The summed E-state index contributed by atoms with van der Waals surface area (Å²) in [6.07, 6.45) is 0.120. The number of aliphatic hydroxyl groups excluding tert-OH is 1. The molecule has 0 amide bonds. The van der Waals surface area contributed by atoms with E-state index in [1.54, 1.807) is 18.2 Å². The lowest BCUT2D eigenvalue weighted by atomic mass is 10.0. The van der Waals surface area contributed by atoms with Crippen molar-refractivity contribution in [1.82, 2.24) is 0 Å². The second kappa shape index (κ2) is 6.98. The molecule has 0 saturated heterocycles. The molecule has 2 aromatic carbocycles. The molecular formula is C16H16Cl2O2. The summed E-state index contributed by atoms with van der Waals surface area (Å²) in [6, 6.07) is 12.6. The lowest BCUT2D eigenvalue weighted by Crippen LogP contribution is -2.04. The van der Waals surface area contributed by atoms with E-state index >= 15 is 0 Å². The van der Waals surface area contributed by atoms with Gasteiger partial charge in [0.2, 0.25) is 0 Å². The van der Waals surface area contributed by atoms with Gasteiger partial charge in [-0.2, -0.15) is 0 Å². The standard InChI is InChI=1S/C16H16Cl2O2/c1-2-9-20-15-6-4-3-5-12(15)16(19)11-7-8-13(17)14(18)10-11/h3-8,10,16,19H,2,9H2,1H3. The minimum Gasteiger partial charge on any atom is -0.493 e. The van der Waals surface area contributed by atoms with E-state index in [9.17, 15) is 5.11 Å². The molecule has 0 spiro atoms. The number of hydrogen-bond acceptors (Lipinski definition) is 2. The predicted molar refractivity (Wildman–Crippen MR) is 82.8 cm³/mol. The third kappa shape index (κ3) is 3.45. The Hall–Kier alpha value is -1.22. The van der Waals surface area contributed by atoms with Crippen molar-refractivity contribution < 1.29 is 9.84 Å². The molecule has 0 aromatic heterocycles. The molecule has 0 aliphatic rings. The quantitative estimate of drug-likeness (QED) is 0.854. The lowest BCUT2D eigenvalue weighted by Gasteiger charge is -2.16. The van der Waals surface area contributed by atoms with Crippen LogP contribution < -0.4 is 4.74 Å². The van der Waals surface area contributed by atoms with E-state index in [1.165, 1.54) is 0 Å². The molecule has 0 fully saturated rings. The highest BCUT2D eigenvalue weighted by atomic mass is 35.5. The molecule has 0 heterocycles. The molecule has 1 atom stereocenters. The number of ether oxygens (including phenoxy) is 1.